The van der Waals surface area contributed by atoms with Crippen LogP contribution in [0.3, 0.4) is 0 Å². The summed E-state index contributed by atoms with van der Waals surface area (Å²) in [6.45, 7) is 0.0902. The summed E-state index contributed by atoms with van der Waals surface area (Å²) in [7, 11) is 0. The molecular weight excluding hydrogens is 256 g/mol. The summed E-state index contributed by atoms with van der Waals surface area (Å²) in [5.41, 5.74) is 0. The standard InChI is InChI=1S/C12H19F2N3S/c1-2-18-10-4-3-9(7-10)16-8-11-15-5-6-17(11)12(13)14/h5-6,9-10,12,16H,2-4,7-8H2,1H3. The summed E-state index contributed by atoms with van der Waals surface area (Å²) in [5.74, 6) is 1.56. The lowest BCUT2D eigenvalue weighted by molar-refractivity contribution is 0.0665. The molecule has 2 unspecified atom stereocenters. The van der Waals surface area contributed by atoms with Crippen molar-refractivity contribution in [2.45, 2.75) is 50.6 Å². The summed E-state index contributed by atoms with van der Waals surface area (Å²) in [6, 6.07) is 0.442. The maximum Gasteiger partial charge on any atom is 0.319 e. The van der Waals surface area contributed by atoms with Crippen LogP contribution in [0, 0.1) is 0 Å². The van der Waals surface area contributed by atoms with Crippen molar-refractivity contribution >= 4 is 11.8 Å². The number of thioether (sulfide) groups is 1. The van der Waals surface area contributed by atoms with Gasteiger partial charge in [0.2, 0.25) is 0 Å². The van der Waals surface area contributed by atoms with Gasteiger partial charge in [0.05, 0.1) is 6.54 Å². The molecule has 0 aliphatic heterocycles. The van der Waals surface area contributed by atoms with Crippen molar-refractivity contribution in [2.75, 3.05) is 5.75 Å². The van der Waals surface area contributed by atoms with Crippen molar-refractivity contribution in [1.29, 1.82) is 0 Å². The highest BCUT2D eigenvalue weighted by Crippen LogP contribution is 2.29. The first-order valence-corrected chi connectivity index (χ1v) is 7.40. The predicted molar refractivity (Wildman–Crippen MR) is 69.9 cm³/mol. The molecule has 1 heterocycles. The van der Waals surface area contributed by atoms with Gasteiger partial charge in [0.1, 0.15) is 5.82 Å². The third-order valence-corrected chi connectivity index (χ3v) is 4.53. The largest absolute Gasteiger partial charge is 0.319 e. The van der Waals surface area contributed by atoms with Crippen LogP contribution < -0.4 is 5.32 Å². The molecule has 2 rings (SSSR count). The van der Waals surface area contributed by atoms with E-state index >= 15 is 0 Å². The van der Waals surface area contributed by atoms with Gasteiger partial charge in [0.25, 0.3) is 0 Å². The lowest BCUT2D eigenvalue weighted by Crippen LogP contribution is -2.27. The maximum atomic E-state index is 12.6. The van der Waals surface area contributed by atoms with Crippen LogP contribution in [-0.4, -0.2) is 26.6 Å². The Bertz CT molecular complexity index is 370. The minimum Gasteiger partial charge on any atom is -0.307 e. The van der Waals surface area contributed by atoms with Gasteiger partial charge in [-0.25, -0.2) is 4.98 Å². The fourth-order valence-corrected chi connectivity index (χ4v) is 3.55. The van der Waals surface area contributed by atoms with Gasteiger partial charge < -0.3 is 5.32 Å². The van der Waals surface area contributed by atoms with Crippen LogP contribution in [0.15, 0.2) is 12.4 Å². The van der Waals surface area contributed by atoms with Crippen LogP contribution in [0.25, 0.3) is 0 Å². The maximum absolute atomic E-state index is 12.6. The van der Waals surface area contributed by atoms with E-state index in [9.17, 15) is 8.78 Å². The lowest BCUT2D eigenvalue weighted by atomic mass is 10.2. The van der Waals surface area contributed by atoms with Crippen molar-refractivity contribution in [1.82, 2.24) is 14.9 Å². The van der Waals surface area contributed by atoms with E-state index in [1.165, 1.54) is 18.8 Å². The Morgan fingerprint density at radius 1 is 1.56 bits per heavy atom. The summed E-state index contributed by atoms with van der Waals surface area (Å²) in [5, 5.41) is 4.06. The minimum absolute atomic E-state index is 0.414. The van der Waals surface area contributed by atoms with Gasteiger partial charge in [0, 0.05) is 23.7 Å². The fraction of sp³-hybridized carbons (Fsp3) is 0.750. The van der Waals surface area contributed by atoms with Crippen LogP contribution in [0.4, 0.5) is 8.78 Å². The van der Waals surface area contributed by atoms with Crippen molar-refractivity contribution in [3.63, 3.8) is 0 Å². The molecule has 0 aromatic carbocycles. The smallest absolute Gasteiger partial charge is 0.307 e. The van der Waals surface area contributed by atoms with Crippen LogP contribution in [-0.2, 0) is 6.54 Å². The Kier molecular flexibility index (Phi) is 5.00. The lowest BCUT2D eigenvalue weighted by Gasteiger charge is -2.13. The summed E-state index contributed by atoms with van der Waals surface area (Å²) >= 11 is 1.99. The van der Waals surface area contributed by atoms with Crippen molar-refractivity contribution in [2.24, 2.45) is 0 Å². The second-order valence-corrected chi connectivity index (χ2v) is 6.07. The predicted octanol–water partition coefficient (Wildman–Crippen LogP) is 3.04. The van der Waals surface area contributed by atoms with Gasteiger partial charge in [-0.2, -0.15) is 20.5 Å². The highest BCUT2D eigenvalue weighted by molar-refractivity contribution is 7.99. The molecule has 1 fully saturated rings. The molecule has 102 valence electrons. The van der Waals surface area contributed by atoms with E-state index in [2.05, 4.69) is 17.2 Å². The Morgan fingerprint density at radius 2 is 2.39 bits per heavy atom. The molecule has 1 saturated carbocycles. The average molecular weight is 275 g/mol. The molecule has 6 heteroatoms. The van der Waals surface area contributed by atoms with E-state index < -0.39 is 6.55 Å². The van der Waals surface area contributed by atoms with Crippen LogP contribution in [0.5, 0.6) is 0 Å². The highest BCUT2D eigenvalue weighted by atomic mass is 32.2. The molecule has 1 aromatic rings. The average Bonchev–Trinajstić information content (AvgIpc) is 2.95. The summed E-state index contributed by atoms with van der Waals surface area (Å²) in [6.07, 6.45) is 6.24. The van der Waals surface area contributed by atoms with Crippen molar-refractivity contribution in [3.8, 4) is 0 Å². The normalized spacial score (nSPS) is 24.0. The second-order valence-electron chi connectivity index (χ2n) is 4.50. The molecule has 1 aliphatic rings. The number of nitrogens with one attached hydrogen (secondary N) is 1. The van der Waals surface area contributed by atoms with Crippen LogP contribution in [0.1, 0.15) is 38.6 Å². The van der Waals surface area contributed by atoms with Gasteiger partial charge in [-0.15, -0.1) is 0 Å². The summed E-state index contributed by atoms with van der Waals surface area (Å²) < 4.78 is 26.1. The van der Waals surface area contributed by atoms with Gasteiger partial charge in [-0.1, -0.05) is 6.92 Å². The summed E-state index contributed by atoms with van der Waals surface area (Å²) in [4.78, 5) is 3.97. The molecule has 0 radical (unpaired) electrons. The Hall–Kier alpha value is -0.620. The first kappa shape index (κ1) is 13.8. The first-order valence-electron chi connectivity index (χ1n) is 6.35. The number of aromatic nitrogens is 2. The SMILES string of the molecule is CCSC1CCC(NCc2nccn2C(F)F)C1. The quantitative estimate of drug-likeness (QED) is 0.865. The van der Waals surface area contributed by atoms with Gasteiger partial charge in [-0.3, -0.25) is 4.57 Å². The monoisotopic (exact) mass is 275 g/mol. The van der Waals surface area contributed by atoms with E-state index in [-0.39, 0.29) is 0 Å². The number of halogens is 2. The fourth-order valence-electron chi connectivity index (χ4n) is 2.41. The topological polar surface area (TPSA) is 29.9 Å². The van der Waals surface area contributed by atoms with Crippen molar-refractivity contribution in [3.05, 3.63) is 18.2 Å². The minimum atomic E-state index is -2.50. The third kappa shape index (κ3) is 3.45. The molecule has 1 N–H and O–H groups in total. The number of imidazole rings is 1. The van der Waals surface area contributed by atoms with E-state index in [0.717, 1.165) is 28.4 Å². The Labute approximate surface area is 110 Å². The van der Waals surface area contributed by atoms with Crippen molar-refractivity contribution < 1.29 is 8.78 Å². The van der Waals surface area contributed by atoms with E-state index in [1.54, 1.807) is 0 Å². The number of hydrogen-bond acceptors (Lipinski definition) is 3. The first-order chi connectivity index (χ1) is 8.70. The number of alkyl halides is 2. The second kappa shape index (κ2) is 6.52. The molecule has 0 bridgehead atoms. The Balaban J connectivity index is 1.80. The zero-order chi connectivity index (χ0) is 13.0. The molecular formula is C12H19F2N3S. The highest BCUT2D eigenvalue weighted by Gasteiger charge is 2.24. The molecule has 1 aromatic heterocycles. The van der Waals surface area contributed by atoms with Gasteiger partial charge in [0.15, 0.2) is 0 Å². The van der Waals surface area contributed by atoms with Crippen LogP contribution >= 0.6 is 11.8 Å². The molecule has 2 atom stereocenters. The molecule has 18 heavy (non-hydrogen) atoms. The Morgan fingerprint density at radius 3 is 3.11 bits per heavy atom. The van der Waals surface area contributed by atoms with Gasteiger partial charge in [-0.05, 0) is 25.0 Å². The van der Waals surface area contributed by atoms with Crippen LogP contribution in [0.2, 0.25) is 0 Å². The van der Waals surface area contributed by atoms with E-state index in [0.29, 0.717) is 18.4 Å². The third-order valence-electron chi connectivity index (χ3n) is 3.29. The molecule has 0 saturated heterocycles. The van der Waals surface area contributed by atoms with Gasteiger partial charge >= 0.3 is 6.55 Å². The molecule has 0 spiro atoms. The van der Waals surface area contributed by atoms with E-state index in [4.69, 9.17) is 0 Å². The number of hydrogen-bond donors (Lipinski definition) is 1. The number of nitrogens with zero attached hydrogens (tertiary/aromatic N) is 2. The molecule has 0 amide bonds. The van der Waals surface area contributed by atoms with E-state index in [1.807, 2.05) is 11.8 Å². The zero-order valence-corrected chi connectivity index (χ0v) is 11.3. The zero-order valence-electron chi connectivity index (χ0n) is 10.5. The molecule has 1 aliphatic carbocycles. The number of rotatable bonds is 6. The molecule has 3 nitrogen and oxygen atoms in total.